The van der Waals surface area contributed by atoms with Gasteiger partial charge < -0.3 is 9.80 Å². The number of nitrogens with zero attached hydrogens (tertiary/aromatic N) is 4. The van der Waals surface area contributed by atoms with E-state index in [9.17, 15) is 9.59 Å². The van der Waals surface area contributed by atoms with Crippen molar-refractivity contribution in [1.82, 2.24) is 20.0 Å². The maximum atomic E-state index is 12.8. The SMILES string of the molecule is CN(C)C1=NC2(CCN(C(=O)CN3CCc4ccccc4C3)CC2)C(=O)N1. The second-order valence-corrected chi connectivity index (χ2v) is 7.93. The molecular formula is C20H27N5O2. The highest BCUT2D eigenvalue weighted by molar-refractivity contribution is 6.07. The van der Waals surface area contributed by atoms with Crippen LogP contribution in [0.5, 0.6) is 0 Å². The standard InChI is InChI=1S/C20H27N5O2/c1-23(2)19-21-18(27)20(22-19)8-11-25(12-9-20)17(26)14-24-10-7-15-5-3-4-6-16(15)13-24/h3-6H,7-14H2,1-2H3,(H,21,22,27). The highest BCUT2D eigenvalue weighted by Crippen LogP contribution is 2.30. The van der Waals surface area contributed by atoms with E-state index in [0.29, 0.717) is 38.4 Å². The summed E-state index contributed by atoms with van der Waals surface area (Å²) in [6, 6.07) is 8.46. The van der Waals surface area contributed by atoms with Crippen molar-refractivity contribution < 1.29 is 9.59 Å². The highest BCUT2D eigenvalue weighted by Gasteiger charge is 2.46. The maximum absolute atomic E-state index is 12.8. The molecule has 0 unspecified atom stereocenters. The van der Waals surface area contributed by atoms with Crippen LogP contribution in [0, 0.1) is 0 Å². The van der Waals surface area contributed by atoms with E-state index in [1.807, 2.05) is 23.9 Å². The average molecular weight is 369 g/mol. The Morgan fingerprint density at radius 1 is 1.19 bits per heavy atom. The van der Waals surface area contributed by atoms with E-state index in [0.717, 1.165) is 19.5 Å². The Morgan fingerprint density at radius 3 is 2.56 bits per heavy atom. The molecule has 4 rings (SSSR count). The van der Waals surface area contributed by atoms with E-state index in [1.165, 1.54) is 11.1 Å². The van der Waals surface area contributed by atoms with Crippen LogP contribution in [0.2, 0.25) is 0 Å². The summed E-state index contributed by atoms with van der Waals surface area (Å²) in [6.45, 7) is 3.36. The molecule has 1 aromatic carbocycles. The molecule has 0 aromatic heterocycles. The second-order valence-electron chi connectivity index (χ2n) is 7.93. The van der Waals surface area contributed by atoms with Gasteiger partial charge in [0.2, 0.25) is 11.9 Å². The zero-order chi connectivity index (χ0) is 19.0. The van der Waals surface area contributed by atoms with Crippen LogP contribution in [0.3, 0.4) is 0 Å². The van der Waals surface area contributed by atoms with Crippen molar-refractivity contribution in [2.45, 2.75) is 31.3 Å². The van der Waals surface area contributed by atoms with Crippen molar-refractivity contribution in [3.8, 4) is 0 Å². The number of fused-ring (bicyclic) bond motifs is 1. The van der Waals surface area contributed by atoms with Crippen molar-refractivity contribution in [1.29, 1.82) is 0 Å². The van der Waals surface area contributed by atoms with Gasteiger partial charge in [0.25, 0.3) is 5.91 Å². The van der Waals surface area contributed by atoms with Crippen LogP contribution in [-0.2, 0) is 22.6 Å². The number of hydrogen-bond acceptors (Lipinski definition) is 5. The third kappa shape index (κ3) is 3.43. The van der Waals surface area contributed by atoms with Crippen LogP contribution >= 0.6 is 0 Å². The number of nitrogens with one attached hydrogen (secondary N) is 1. The third-order valence-corrected chi connectivity index (χ3v) is 5.90. The van der Waals surface area contributed by atoms with Gasteiger partial charge in [-0.3, -0.25) is 19.8 Å². The fourth-order valence-electron chi connectivity index (χ4n) is 4.16. The normalized spacial score (nSPS) is 21.6. The summed E-state index contributed by atoms with van der Waals surface area (Å²) in [5, 5.41) is 2.86. The number of amides is 2. The number of hydrogen-bond donors (Lipinski definition) is 1. The predicted molar refractivity (Wildman–Crippen MR) is 103 cm³/mol. The zero-order valence-electron chi connectivity index (χ0n) is 16.1. The van der Waals surface area contributed by atoms with Gasteiger partial charge in [0.05, 0.1) is 6.54 Å². The molecule has 3 aliphatic heterocycles. The van der Waals surface area contributed by atoms with Crippen LogP contribution in [0.25, 0.3) is 0 Å². The van der Waals surface area contributed by atoms with Crippen molar-refractivity contribution >= 4 is 17.8 Å². The van der Waals surface area contributed by atoms with E-state index < -0.39 is 5.54 Å². The van der Waals surface area contributed by atoms with Crippen LogP contribution in [0.4, 0.5) is 0 Å². The number of guanidine groups is 1. The van der Waals surface area contributed by atoms with Crippen LogP contribution in [-0.4, -0.2) is 78.3 Å². The summed E-state index contributed by atoms with van der Waals surface area (Å²) in [5.74, 6) is 0.733. The highest BCUT2D eigenvalue weighted by atomic mass is 16.2. The molecule has 3 aliphatic rings. The van der Waals surface area contributed by atoms with Gasteiger partial charge >= 0.3 is 0 Å². The van der Waals surface area contributed by atoms with Crippen molar-refractivity contribution in [2.24, 2.45) is 4.99 Å². The summed E-state index contributed by atoms with van der Waals surface area (Å²) in [7, 11) is 3.74. The molecule has 0 radical (unpaired) electrons. The first-order valence-electron chi connectivity index (χ1n) is 9.62. The van der Waals surface area contributed by atoms with Gasteiger partial charge in [-0.15, -0.1) is 0 Å². The summed E-state index contributed by atoms with van der Waals surface area (Å²) in [4.78, 5) is 35.7. The molecule has 27 heavy (non-hydrogen) atoms. The molecule has 0 atom stereocenters. The second kappa shape index (κ2) is 6.96. The number of likely N-dealkylation sites (tertiary alicyclic amines) is 1. The minimum Gasteiger partial charge on any atom is -0.349 e. The summed E-state index contributed by atoms with van der Waals surface area (Å²) >= 11 is 0. The number of carbonyl (C=O) groups is 2. The summed E-state index contributed by atoms with van der Waals surface area (Å²) < 4.78 is 0. The molecule has 0 saturated carbocycles. The lowest BCUT2D eigenvalue weighted by molar-refractivity contribution is -0.136. The fraction of sp³-hybridized carbons (Fsp3) is 0.550. The number of benzene rings is 1. The largest absolute Gasteiger partial charge is 0.349 e. The average Bonchev–Trinajstić information content (AvgIpc) is 2.98. The molecule has 7 heteroatoms. The molecule has 3 heterocycles. The van der Waals surface area contributed by atoms with Gasteiger partial charge in [0, 0.05) is 40.3 Å². The molecule has 0 bridgehead atoms. The first-order valence-corrected chi connectivity index (χ1v) is 9.62. The Morgan fingerprint density at radius 2 is 1.89 bits per heavy atom. The maximum Gasteiger partial charge on any atom is 0.254 e. The van der Waals surface area contributed by atoms with Gasteiger partial charge in [-0.2, -0.15) is 0 Å². The predicted octanol–water partition coefficient (Wildman–Crippen LogP) is 0.453. The Labute approximate surface area is 160 Å². The molecule has 144 valence electrons. The van der Waals surface area contributed by atoms with Gasteiger partial charge in [-0.05, 0) is 30.4 Å². The molecule has 1 N–H and O–H groups in total. The molecule has 1 fully saturated rings. The monoisotopic (exact) mass is 369 g/mol. The van der Waals surface area contributed by atoms with Crippen LogP contribution in [0.1, 0.15) is 24.0 Å². The minimum absolute atomic E-state index is 0.0362. The van der Waals surface area contributed by atoms with Crippen LogP contribution < -0.4 is 5.32 Å². The molecule has 1 saturated heterocycles. The lowest BCUT2D eigenvalue weighted by Crippen LogP contribution is -2.52. The Balaban J connectivity index is 1.34. The van der Waals surface area contributed by atoms with Gasteiger partial charge in [0.1, 0.15) is 5.54 Å². The lowest BCUT2D eigenvalue weighted by atomic mass is 9.88. The number of piperidine rings is 1. The van der Waals surface area contributed by atoms with Crippen molar-refractivity contribution in [3.05, 3.63) is 35.4 Å². The summed E-state index contributed by atoms with van der Waals surface area (Å²) in [6.07, 6.45) is 2.17. The van der Waals surface area contributed by atoms with Gasteiger partial charge in [0.15, 0.2) is 0 Å². The molecule has 1 spiro atoms. The number of carbonyl (C=O) groups excluding carboxylic acids is 2. The van der Waals surface area contributed by atoms with E-state index in [-0.39, 0.29) is 11.8 Å². The van der Waals surface area contributed by atoms with Crippen molar-refractivity contribution in [3.63, 3.8) is 0 Å². The quantitative estimate of drug-likeness (QED) is 0.822. The Hall–Kier alpha value is -2.41. The third-order valence-electron chi connectivity index (χ3n) is 5.90. The van der Waals surface area contributed by atoms with E-state index in [4.69, 9.17) is 0 Å². The Bertz CT molecular complexity index is 780. The topological polar surface area (TPSA) is 68.2 Å². The molecule has 2 amide bonds. The fourth-order valence-corrected chi connectivity index (χ4v) is 4.16. The lowest BCUT2D eigenvalue weighted by Gasteiger charge is -2.37. The van der Waals surface area contributed by atoms with E-state index >= 15 is 0 Å². The minimum atomic E-state index is -0.694. The van der Waals surface area contributed by atoms with Gasteiger partial charge in [-0.1, -0.05) is 24.3 Å². The van der Waals surface area contributed by atoms with E-state index in [1.54, 1.807) is 0 Å². The Kier molecular flexibility index (Phi) is 4.63. The number of rotatable bonds is 2. The first-order chi connectivity index (χ1) is 13.0. The molecule has 0 aliphatic carbocycles. The smallest absolute Gasteiger partial charge is 0.254 e. The van der Waals surface area contributed by atoms with E-state index in [2.05, 4.69) is 39.5 Å². The zero-order valence-corrected chi connectivity index (χ0v) is 16.1. The molecular weight excluding hydrogens is 342 g/mol. The van der Waals surface area contributed by atoms with Crippen LogP contribution in [0.15, 0.2) is 29.3 Å². The molecule has 7 nitrogen and oxygen atoms in total. The van der Waals surface area contributed by atoms with Gasteiger partial charge in [-0.25, -0.2) is 4.99 Å². The summed E-state index contributed by atoms with van der Waals surface area (Å²) in [5.41, 5.74) is 2.02. The van der Waals surface area contributed by atoms with Crippen molar-refractivity contribution in [2.75, 3.05) is 40.3 Å². The number of aliphatic imine (C=N–C) groups is 1. The molecule has 1 aromatic rings. The first kappa shape index (κ1) is 18.0.